The average Bonchev–Trinajstić information content (AvgIpc) is 3.53. The van der Waals surface area contributed by atoms with Gasteiger partial charge in [-0.15, -0.1) is 11.3 Å². The standard InChI is InChI=1S/C23H17BrN4O2S/c1-29-18-7-5-17(6-8-18)27-23-28(21(14-31-23)22-3-2-10-30-22)26-13-15-12-25-20-9-4-16(24)11-19(15)20/h2-14,25H,1H3. The van der Waals surface area contributed by atoms with Gasteiger partial charge in [0.05, 0.1) is 25.3 Å². The van der Waals surface area contributed by atoms with Crippen LogP contribution in [0.2, 0.25) is 0 Å². The number of methoxy groups -OCH3 is 1. The monoisotopic (exact) mass is 492 g/mol. The third-order valence-electron chi connectivity index (χ3n) is 4.74. The van der Waals surface area contributed by atoms with Gasteiger partial charge in [0.15, 0.2) is 5.76 Å². The van der Waals surface area contributed by atoms with E-state index in [-0.39, 0.29) is 0 Å². The molecule has 5 rings (SSSR count). The molecule has 3 heterocycles. The minimum absolute atomic E-state index is 0.728. The average molecular weight is 493 g/mol. The van der Waals surface area contributed by atoms with E-state index in [1.807, 2.05) is 66.3 Å². The van der Waals surface area contributed by atoms with E-state index in [9.17, 15) is 0 Å². The molecule has 1 N–H and O–H groups in total. The molecule has 31 heavy (non-hydrogen) atoms. The molecule has 0 aliphatic heterocycles. The van der Waals surface area contributed by atoms with Crippen molar-refractivity contribution < 1.29 is 9.15 Å². The molecule has 5 aromatic rings. The van der Waals surface area contributed by atoms with E-state index in [1.165, 1.54) is 11.3 Å². The van der Waals surface area contributed by atoms with Crippen LogP contribution in [0.1, 0.15) is 5.56 Å². The highest BCUT2D eigenvalue weighted by Gasteiger charge is 2.10. The first-order valence-electron chi connectivity index (χ1n) is 9.45. The summed E-state index contributed by atoms with van der Waals surface area (Å²) < 4.78 is 13.7. The van der Waals surface area contributed by atoms with Crippen molar-refractivity contribution in [2.75, 3.05) is 7.11 Å². The number of aromatic nitrogens is 2. The van der Waals surface area contributed by atoms with E-state index in [0.29, 0.717) is 0 Å². The molecule has 8 heteroatoms. The number of H-pyrrole nitrogens is 1. The van der Waals surface area contributed by atoms with Gasteiger partial charge in [-0.25, -0.2) is 9.67 Å². The summed E-state index contributed by atoms with van der Waals surface area (Å²) in [6.45, 7) is 0. The number of halogens is 1. The zero-order valence-electron chi connectivity index (χ0n) is 16.4. The van der Waals surface area contributed by atoms with Crippen molar-refractivity contribution in [1.82, 2.24) is 9.66 Å². The van der Waals surface area contributed by atoms with Gasteiger partial charge < -0.3 is 14.1 Å². The van der Waals surface area contributed by atoms with Crippen molar-refractivity contribution >= 4 is 50.1 Å². The zero-order valence-corrected chi connectivity index (χ0v) is 18.9. The van der Waals surface area contributed by atoms with Crippen LogP contribution >= 0.6 is 27.3 Å². The maximum Gasteiger partial charge on any atom is 0.211 e. The molecule has 0 atom stereocenters. The second-order valence-corrected chi connectivity index (χ2v) is 8.43. The Morgan fingerprint density at radius 3 is 2.81 bits per heavy atom. The highest BCUT2D eigenvalue weighted by atomic mass is 79.9. The second-order valence-electron chi connectivity index (χ2n) is 6.68. The van der Waals surface area contributed by atoms with Crippen LogP contribution in [0.25, 0.3) is 22.4 Å². The summed E-state index contributed by atoms with van der Waals surface area (Å²) in [7, 11) is 1.65. The van der Waals surface area contributed by atoms with Gasteiger partial charge in [0.2, 0.25) is 4.80 Å². The van der Waals surface area contributed by atoms with E-state index in [2.05, 4.69) is 27.0 Å². The Balaban J connectivity index is 1.61. The third kappa shape index (κ3) is 3.99. The summed E-state index contributed by atoms with van der Waals surface area (Å²) in [5.41, 5.74) is 3.68. The van der Waals surface area contributed by atoms with Crippen molar-refractivity contribution in [2.45, 2.75) is 0 Å². The molecule has 0 amide bonds. The number of hydrogen-bond donors (Lipinski definition) is 1. The molecule has 0 bridgehead atoms. The van der Waals surface area contributed by atoms with Crippen molar-refractivity contribution in [3.05, 3.63) is 87.3 Å². The molecule has 0 saturated heterocycles. The highest BCUT2D eigenvalue weighted by molar-refractivity contribution is 9.10. The third-order valence-corrected chi connectivity index (χ3v) is 6.05. The minimum Gasteiger partial charge on any atom is -0.497 e. The van der Waals surface area contributed by atoms with Crippen LogP contribution in [-0.2, 0) is 0 Å². The molecular weight excluding hydrogens is 476 g/mol. The van der Waals surface area contributed by atoms with E-state index < -0.39 is 0 Å². The topological polar surface area (TPSA) is 67.8 Å². The first-order valence-corrected chi connectivity index (χ1v) is 11.1. The van der Waals surface area contributed by atoms with Crippen LogP contribution in [0.4, 0.5) is 5.69 Å². The summed E-state index contributed by atoms with van der Waals surface area (Å²) in [4.78, 5) is 8.79. The maximum atomic E-state index is 5.62. The normalized spacial score (nSPS) is 12.3. The highest BCUT2D eigenvalue weighted by Crippen LogP contribution is 2.24. The first kappa shape index (κ1) is 19.6. The Morgan fingerprint density at radius 1 is 1.16 bits per heavy atom. The molecule has 0 spiro atoms. The maximum absolute atomic E-state index is 5.62. The number of aromatic amines is 1. The van der Waals surface area contributed by atoms with Gasteiger partial charge in [0.25, 0.3) is 0 Å². The van der Waals surface area contributed by atoms with Gasteiger partial charge in [-0.3, -0.25) is 0 Å². The fourth-order valence-corrected chi connectivity index (χ4v) is 4.39. The van der Waals surface area contributed by atoms with Crippen molar-refractivity contribution in [1.29, 1.82) is 0 Å². The van der Waals surface area contributed by atoms with Crippen LogP contribution in [0.3, 0.4) is 0 Å². The van der Waals surface area contributed by atoms with Crippen molar-refractivity contribution in [3.8, 4) is 17.2 Å². The lowest BCUT2D eigenvalue weighted by Gasteiger charge is -2.01. The van der Waals surface area contributed by atoms with Gasteiger partial charge in [-0.05, 0) is 54.6 Å². The van der Waals surface area contributed by atoms with Crippen LogP contribution in [0.15, 0.2) is 91.4 Å². The van der Waals surface area contributed by atoms with Gasteiger partial charge in [-0.1, -0.05) is 15.9 Å². The molecule has 0 aliphatic carbocycles. The fourth-order valence-electron chi connectivity index (χ4n) is 3.19. The predicted molar refractivity (Wildman–Crippen MR) is 127 cm³/mol. The van der Waals surface area contributed by atoms with E-state index in [0.717, 1.165) is 48.6 Å². The predicted octanol–water partition coefficient (Wildman–Crippen LogP) is 6.18. The van der Waals surface area contributed by atoms with Crippen LogP contribution in [0, 0.1) is 0 Å². The largest absolute Gasteiger partial charge is 0.497 e. The number of rotatable bonds is 5. The van der Waals surface area contributed by atoms with E-state index >= 15 is 0 Å². The zero-order chi connectivity index (χ0) is 21.2. The Kier molecular flexibility index (Phi) is 5.31. The molecule has 2 aromatic carbocycles. The molecule has 0 unspecified atom stereocenters. The quantitative estimate of drug-likeness (QED) is 0.297. The first-order chi connectivity index (χ1) is 15.2. The Morgan fingerprint density at radius 2 is 2.03 bits per heavy atom. The molecule has 3 aromatic heterocycles. The molecule has 0 saturated carbocycles. The van der Waals surface area contributed by atoms with Crippen molar-refractivity contribution in [2.24, 2.45) is 10.1 Å². The Bertz CT molecular complexity index is 1430. The lowest BCUT2D eigenvalue weighted by molar-refractivity contribution is 0.415. The van der Waals surface area contributed by atoms with E-state index in [1.54, 1.807) is 18.0 Å². The Hall–Kier alpha value is -3.36. The molecule has 0 radical (unpaired) electrons. The summed E-state index contributed by atoms with van der Waals surface area (Å²) in [6.07, 6.45) is 5.43. The number of ether oxygens (including phenoxy) is 1. The number of nitrogens with zero attached hydrogens (tertiary/aromatic N) is 3. The molecule has 0 aliphatic rings. The second kappa shape index (κ2) is 8.41. The lowest BCUT2D eigenvalue weighted by Crippen LogP contribution is -2.11. The molecular formula is C23H17BrN4O2S. The number of benzene rings is 2. The number of furan rings is 1. The van der Waals surface area contributed by atoms with Gasteiger partial charge in [0, 0.05) is 32.5 Å². The van der Waals surface area contributed by atoms with Crippen LogP contribution in [-0.4, -0.2) is 23.0 Å². The van der Waals surface area contributed by atoms with Crippen LogP contribution in [0.5, 0.6) is 5.75 Å². The van der Waals surface area contributed by atoms with Crippen LogP contribution < -0.4 is 9.54 Å². The van der Waals surface area contributed by atoms with Gasteiger partial charge in [-0.2, -0.15) is 5.10 Å². The molecule has 6 nitrogen and oxygen atoms in total. The number of nitrogens with one attached hydrogen (secondary N) is 1. The lowest BCUT2D eigenvalue weighted by atomic mass is 10.2. The summed E-state index contributed by atoms with van der Waals surface area (Å²) in [5, 5.41) is 7.84. The van der Waals surface area contributed by atoms with Gasteiger partial charge in [0.1, 0.15) is 11.4 Å². The molecule has 0 fully saturated rings. The summed E-state index contributed by atoms with van der Waals surface area (Å²) in [6, 6.07) is 17.5. The number of thiazole rings is 1. The van der Waals surface area contributed by atoms with Gasteiger partial charge >= 0.3 is 0 Å². The smallest absolute Gasteiger partial charge is 0.211 e. The van der Waals surface area contributed by atoms with Crippen molar-refractivity contribution in [3.63, 3.8) is 0 Å². The molecule has 154 valence electrons. The number of fused-ring (bicyclic) bond motifs is 1. The van der Waals surface area contributed by atoms with E-state index in [4.69, 9.17) is 19.2 Å². The summed E-state index contributed by atoms with van der Waals surface area (Å²) >= 11 is 5.04. The minimum atomic E-state index is 0.728. The SMILES string of the molecule is COc1ccc(N=c2scc(-c3ccco3)n2N=Cc2c[nH]c3ccc(Br)cc23)cc1. The fraction of sp³-hybridized carbons (Fsp3) is 0.0435. The summed E-state index contributed by atoms with van der Waals surface area (Å²) in [5.74, 6) is 1.52. The Labute approximate surface area is 190 Å². The number of hydrogen-bond acceptors (Lipinski definition) is 5.